The number of para-hydroxylation sites is 2. The monoisotopic (exact) mass is 397 g/mol. The molecule has 0 fully saturated rings. The molecule has 132 valence electrons. The molecule has 2 aromatic carbocycles. The predicted molar refractivity (Wildman–Crippen MR) is 102 cm³/mol. The molecule has 25 heavy (non-hydrogen) atoms. The van der Waals surface area contributed by atoms with Crippen LogP contribution in [0.3, 0.4) is 0 Å². The number of halogens is 2. The number of thioether (sulfide) groups is 1. The highest BCUT2D eigenvalue weighted by atomic mass is 35.5. The molecule has 0 radical (unpaired) electrons. The molecule has 0 saturated carbocycles. The quantitative estimate of drug-likeness (QED) is 0.793. The van der Waals surface area contributed by atoms with Gasteiger partial charge in [-0.2, -0.15) is 0 Å². The second kappa shape index (κ2) is 8.70. The molecule has 7 heteroatoms. The van der Waals surface area contributed by atoms with Crippen LogP contribution in [0.5, 0.6) is 11.5 Å². The summed E-state index contributed by atoms with van der Waals surface area (Å²) >= 11 is 13.7. The first-order valence-corrected chi connectivity index (χ1v) is 9.70. The molecule has 1 aliphatic heterocycles. The summed E-state index contributed by atoms with van der Waals surface area (Å²) in [6, 6.07) is 12.9. The van der Waals surface area contributed by atoms with Crippen LogP contribution in [-0.2, 0) is 10.5 Å². The molecule has 1 aliphatic rings. The Morgan fingerprint density at radius 1 is 1.12 bits per heavy atom. The minimum absolute atomic E-state index is 0.0596. The van der Waals surface area contributed by atoms with E-state index in [1.54, 1.807) is 18.2 Å². The number of hydrogen-bond acceptors (Lipinski definition) is 4. The smallest absolute Gasteiger partial charge is 0.230 e. The van der Waals surface area contributed by atoms with Gasteiger partial charge in [0.05, 0.1) is 12.3 Å². The van der Waals surface area contributed by atoms with Gasteiger partial charge in [-0.05, 0) is 29.8 Å². The SMILES string of the molecule is O=C(CSCc1c(Cl)cccc1Cl)NC[C@@H]1COc2ccccc2O1. The summed E-state index contributed by atoms with van der Waals surface area (Å²) in [4.78, 5) is 12.0. The van der Waals surface area contributed by atoms with E-state index in [4.69, 9.17) is 32.7 Å². The summed E-state index contributed by atoms with van der Waals surface area (Å²) in [5, 5.41) is 4.10. The van der Waals surface area contributed by atoms with Crippen molar-refractivity contribution in [3.63, 3.8) is 0 Å². The first kappa shape index (κ1) is 18.2. The van der Waals surface area contributed by atoms with Crippen LogP contribution >= 0.6 is 35.0 Å². The molecule has 0 aromatic heterocycles. The Labute approximate surface area is 160 Å². The molecular weight excluding hydrogens is 381 g/mol. The van der Waals surface area contributed by atoms with Gasteiger partial charge in [-0.1, -0.05) is 41.4 Å². The average molecular weight is 398 g/mol. The van der Waals surface area contributed by atoms with Crippen LogP contribution in [0.25, 0.3) is 0 Å². The van der Waals surface area contributed by atoms with Gasteiger partial charge in [-0.3, -0.25) is 4.79 Å². The van der Waals surface area contributed by atoms with Gasteiger partial charge < -0.3 is 14.8 Å². The van der Waals surface area contributed by atoms with Crippen molar-refractivity contribution in [2.45, 2.75) is 11.9 Å². The second-order valence-electron chi connectivity index (χ2n) is 5.49. The van der Waals surface area contributed by atoms with Crippen LogP contribution < -0.4 is 14.8 Å². The molecule has 0 saturated heterocycles. The van der Waals surface area contributed by atoms with E-state index in [2.05, 4.69) is 5.32 Å². The van der Waals surface area contributed by atoms with Crippen molar-refractivity contribution in [2.75, 3.05) is 18.9 Å². The lowest BCUT2D eigenvalue weighted by Crippen LogP contribution is -2.41. The summed E-state index contributed by atoms with van der Waals surface area (Å²) < 4.78 is 11.4. The van der Waals surface area contributed by atoms with Gasteiger partial charge in [0.1, 0.15) is 12.7 Å². The van der Waals surface area contributed by atoms with Gasteiger partial charge in [0.25, 0.3) is 0 Å². The van der Waals surface area contributed by atoms with Crippen LogP contribution in [0.1, 0.15) is 5.56 Å². The molecule has 0 aliphatic carbocycles. The largest absolute Gasteiger partial charge is 0.486 e. The van der Waals surface area contributed by atoms with Crippen LogP contribution in [0.15, 0.2) is 42.5 Å². The first-order valence-electron chi connectivity index (χ1n) is 7.79. The molecule has 1 N–H and O–H groups in total. The van der Waals surface area contributed by atoms with Gasteiger partial charge in [-0.15, -0.1) is 11.8 Å². The van der Waals surface area contributed by atoms with Crippen molar-refractivity contribution < 1.29 is 14.3 Å². The standard InChI is InChI=1S/C18H17Cl2NO3S/c19-14-4-3-5-15(20)13(14)10-25-11-18(22)21-8-12-9-23-16-6-1-2-7-17(16)24-12/h1-7,12H,8-11H2,(H,21,22)/t12-/m1/s1. The van der Waals surface area contributed by atoms with Gasteiger partial charge >= 0.3 is 0 Å². The lowest BCUT2D eigenvalue weighted by atomic mass is 10.2. The maximum Gasteiger partial charge on any atom is 0.230 e. The third-order valence-corrected chi connectivity index (χ3v) is 5.30. The highest BCUT2D eigenvalue weighted by Crippen LogP contribution is 2.31. The van der Waals surface area contributed by atoms with E-state index < -0.39 is 0 Å². The van der Waals surface area contributed by atoms with Gasteiger partial charge in [-0.25, -0.2) is 0 Å². The fourth-order valence-corrected chi connectivity index (χ4v) is 3.95. The fourth-order valence-electron chi connectivity index (χ4n) is 2.36. The van der Waals surface area contributed by atoms with Crippen molar-refractivity contribution in [3.8, 4) is 11.5 Å². The van der Waals surface area contributed by atoms with Crippen molar-refractivity contribution >= 4 is 40.9 Å². The lowest BCUT2D eigenvalue weighted by molar-refractivity contribution is -0.119. The minimum atomic E-state index is -0.193. The first-order chi connectivity index (χ1) is 12.1. The van der Waals surface area contributed by atoms with Crippen LogP contribution in [0.2, 0.25) is 10.0 Å². The van der Waals surface area contributed by atoms with E-state index in [0.29, 0.717) is 40.5 Å². The van der Waals surface area contributed by atoms with Crippen LogP contribution in [0, 0.1) is 0 Å². The Kier molecular flexibility index (Phi) is 6.34. The Hall–Kier alpha value is -1.56. The topological polar surface area (TPSA) is 47.6 Å². The number of carbonyl (C=O) groups is 1. The normalized spacial score (nSPS) is 15.7. The fraction of sp³-hybridized carbons (Fsp3) is 0.278. The molecular formula is C18H17Cl2NO3S. The number of benzene rings is 2. The molecule has 0 spiro atoms. The summed E-state index contributed by atoms with van der Waals surface area (Å²) in [7, 11) is 0. The summed E-state index contributed by atoms with van der Waals surface area (Å²) in [6.07, 6.45) is -0.193. The second-order valence-corrected chi connectivity index (χ2v) is 7.29. The number of carbonyl (C=O) groups excluding carboxylic acids is 1. The highest BCUT2D eigenvalue weighted by Gasteiger charge is 2.21. The molecule has 3 rings (SSSR count). The highest BCUT2D eigenvalue weighted by molar-refractivity contribution is 7.99. The number of ether oxygens (including phenoxy) is 2. The zero-order valence-electron chi connectivity index (χ0n) is 13.3. The maximum atomic E-state index is 12.0. The number of amides is 1. The van der Waals surface area contributed by atoms with Crippen molar-refractivity contribution in [1.29, 1.82) is 0 Å². The number of hydrogen-bond donors (Lipinski definition) is 1. The zero-order chi connectivity index (χ0) is 17.6. The Bertz CT molecular complexity index is 737. The Morgan fingerprint density at radius 3 is 2.60 bits per heavy atom. The lowest BCUT2D eigenvalue weighted by Gasteiger charge is -2.26. The van der Waals surface area contributed by atoms with Crippen molar-refractivity contribution in [1.82, 2.24) is 5.32 Å². The molecule has 1 heterocycles. The van der Waals surface area contributed by atoms with Gasteiger partial charge in [0.2, 0.25) is 5.91 Å². The molecule has 0 unspecified atom stereocenters. The molecule has 1 amide bonds. The number of rotatable bonds is 6. The Balaban J connectivity index is 1.40. The summed E-state index contributed by atoms with van der Waals surface area (Å²) in [5.74, 6) is 2.29. The zero-order valence-corrected chi connectivity index (χ0v) is 15.7. The van der Waals surface area contributed by atoms with Crippen molar-refractivity contribution in [2.24, 2.45) is 0 Å². The van der Waals surface area contributed by atoms with E-state index in [1.165, 1.54) is 11.8 Å². The minimum Gasteiger partial charge on any atom is -0.486 e. The van der Waals surface area contributed by atoms with E-state index in [0.717, 1.165) is 11.3 Å². The van der Waals surface area contributed by atoms with Gasteiger partial charge in [0, 0.05) is 15.8 Å². The van der Waals surface area contributed by atoms with E-state index in [1.807, 2.05) is 24.3 Å². The number of nitrogens with one attached hydrogen (secondary N) is 1. The third-order valence-electron chi connectivity index (χ3n) is 3.64. The Morgan fingerprint density at radius 2 is 1.84 bits per heavy atom. The van der Waals surface area contributed by atoms with E-state index in [-0.39, 0.29) is 12.0 Å². The van der Waals surface area contributed by atoms with E-state index in [9.17, 15) is 4.79 Å². The van der Waals surface area contributed by atoms with E-state index >= 15 is 0 Å². The molecule has 1 atom stereocenters. The van der Waals surface area contributed by atoms with Crippen molar-refractivity contribution in [3.05, 3.63) is 58.1 Å². The summed E-state index contributed by atoms with van der Waals surface area (Å²) in [6.45, 7) is 0.820. The van der Waals surface area contributed by atoms with Crippen LogP contribution in [-0.4, -0.2) is 30.9 Å². The molecule has 4 nitrogen and oxygen atoms in total. The van der Waals surface area contributed by atoms with Crippen LogP contribution in [0.4, 0.5) is 0 Å². The van der Waals surface area contributed by atoms with Gasteiger partial charge in [0.15, 0.2) is 11.5 Å². The average Bonchev–Trinajstić information content (AvgIpc) is 2.62. The predicted octanol–water partition coefficient (Wildman–Crippen LogP) is 4.18. The molecule has 0 bridgehead atoms. The maximum absolute atomic E-state index is 12.0. The summed E-state index contributed by atoms with van der Waals surface area (Å²) in [5.41, 5.74) is 0.851. The molecule has 2 aromatic rings. The number of fused-ring (bicyclic) bond motifs is 1. The third kappa shape index (κ3) is 4.97.